The van der Waals surface area contributed by atoms with Crippen molar-refractivity contribution in [2.24, 2.45) is 5.73 Å². The van der Waals surface area contributed by atoms with Crippen LogP contribution in [0, 0.1) is 5.82 Å². The molecule has 1 fully saturated rings. The minimum absolute atomic E-state index is 0.0845. The van der Waals surface area contributed by atoms with Gasteiger partial charge < -0.3 is 10.5 Å². The maximum absolute atomic E-state index is 13.3. The molecule has 0 aliphatic carbocycles. The maximum Gasteiger partial charge on any atom is 0.124 e. The van der Waals surface area contributed by atoms with Crippen LogP contribution in [0.4, 0.5) is 4.39 Å². The number of morpholine rings is 1. The third kappa shape index (κ3) is 3.39. The van der Waals surface area contributed by atoms with Gasteiger partial charge in [-0.2, -0.15) is 0 Å². The predicted molar refractivity (Wildman–Crippen MR) is 82.1 cm³/mol. The van der Waals surface area contributed by atoms with Crippen LogP contribution in [-0.4, -0.2) is 36.7 Å². The Labute approximate surface area is 128 Å². The minimum atomic E-state index is -0.237. The first kappa shape index (κ1) is 15.9. The highest BCUT2D eigenvalue weighted by Crippen LogP contribution is 2.31. The van der Waals surface area contributed by atoms with E-state index in [1.165, 1.54) is 12.1 Å². The summed E-state index contributed by atoms with van der Waals surface area (Å²) in [5.74, 6) is -0.237. The van der Waals surface area contributed by atoms with Gasteiger partial charge in [0.05, 0.1) is 12.7 Å². The molecule has 1 aliphatic rings. The highest BCUT2D eigenvalue weighted by Gasteiger charge is 2.32. The zero-order valence-electron chi connectivity index (χ0n) is 12.0. The molecule has 0 bridgehead atoms. The van der Waals surface area contributed by atoms with E-state index in [9.17, 15) is 4.39 Å². The number of rotatable bonds is 4. The Bertz CT molecular complexity index is 457. The smallest absolute Gasteiger partial charge is 0.124 e. The van der Waals surface area contributed by atoms with Crippen molar-refractivity contribution in [2.75, 3.05) is 19.7 Å². The Morgan fingerprint density at radius 1 is 1.55 bits per heavy atom. The molecular formula is C15H22BrFN2O. The van der Waals surface area contributed by atoms with E-state index in [0.29, 0.717) is 12.6 Å². The van der Waals surface area contributed by atoms with Crippen molar-refractivity contribution in [2.45, 2.75) is 38.5 Å². The molecule has 3 atom stereocenters. The van der Waals surface area contributed by atoms with E-state index < -0.39 is 0 Å². The third-order valence-electron chi connectivity index (χ3n) is 3.93. The summed E-state index contributed by atoms with van der Waals surface area (Å²) in [7, 11) is 0. The number of ether oxygens (including phenoxy) is 1. The van der Waals surface area contributed by atoms with Crippen LogP contribution in [-0.2, 0) is 4.74 Å². The van der Waals surface area contributed by atoms with Crippen LogP contribution in [0.2, 0.25) is 0 Å². The lowest BCUT2D eigenvalue weighted by Crippen LogP contribution is -2.51. The van der Waals surface area contributed by atoms with Gasteiger partial charge in [-0.25, -0.2) is 4.39 Å². The minimum Gasteiger partial charge on any atom is -0.376 e. The second-order valence-electron chi connectivity index (χ2n) is 5.32. The summed E-state index contributed by atoms with van der Waals surface area (Å²) in [6.07, 6.45) is 1.22. The first-order valence-corrected chi connectivity index (χ1v) is 7.88. The third-order valence-corrected chi connectivity index (χ3v) is 4.61. The predicted octanol–water partition coefficient (Wildman–Crippen LogP) is 3.09. The van der Waals surface area contributed by atoms with Gasteiger partial charge in [0.1, 0.15) is 5.82 Å². The van der Waals surface area contributed by atoms with E-state index in [2.05, 4.69) is 34.7 Å². The summed E-state index contributed by atoms with van der Waals surface area (Å²) < 4.78 is 19.8. The number of halogens is 2. The van der Waals surface area contributed by atoms with Crippen LogP contribution in [0.3, 0.4) is 0 Å². The molecule has 1 aliphatic heterocycles. The van der Waals surface area contributed by atoms with Crippen molar-refractivity contribution in [1.82, 2.24) is 4.90 Å². The van der Waals surface area contributed by atoms with Crippen LogP contribution in [0.5, 0.6) is 0 Å². The topological polar surface area (TPSA) is 38.5 Å². The number of benzene rings is 1. The summed E-state index contributed by atoms with van der Waals surface area (Å²) in [6.45, 7) is 6.32. The summed E-state index contributed by atoms with van der Waals surface area (Å²) in [5.41, 5.74) is 7.05. The highest BCUT2D eigenvalue weighted by molar-refractivity contribution is 9.10. The molecule has 3 unspecified atom stereocenters. The molecule has 112 valence electrons. The van der Waals surface area contributed by atoms with Crippen molar-refractivity contribution < 1.29 is 9.13 Å². The summed E-state index contributed by atoms with van der Waals surface area (Å²) >= 11 is 3.46. The Kier molecular flexibility index (Phi) is 5.55. The van der Waals surface area contributed by atoms with Crippen LogP contribution < -0.4 is 5.73 Å². The summed E-state index contributed by atoms with van der Waals surface area (Å²) in [5, 5.41) is 0. The van der Waals surface area contributed by atoms with Crippen LogP contribution in [0.1, 0.15) is 31.9 Å². The van der Waals surface area contributed by atoms with E-state index in [-0.39, 0.29) is 18.0 Å². The number of nitrogens with zero attached hydrogens (tertiary/aromatic N) is 1. The molecule has 3 nitrogen and oxygen atoms in total. The fourth-order valence-corrected chi connectivity index (χ4v) is 3.43. The summed E-state index contributed by atoms with van der Waals surface area (Å²) in [6, 6.07) is 5.26. The van der Waals surface area contributed by atoms with Crippen molar-refractivity contribution in [3.8, 4) is 0 Å². The second kappa shape index (κ2) is 6.98. The van der Waals surface area contributed by atoms with Gasteiger partial charge in [0, 0.05) is 29.6 Å². The molecule has 0 radical (unpaired) electrons. The van der Waals surface area contributed by atoms with Gasteiger partial charge in [-0.15, -0.1) is 0 Å². The molecule has 0 spiro atoms. The SMILES string of the molecule is CCC1COC(C)CN1C(CN)c1ccc(F)cc1Br. The number of hydrogen-bond donors (Lipinski definition) is 1. The van der Waals surface area contributed by atoms with Gasteiger partial charge in [0.15, 0.2) is 0 Å². The van der Waals surface area contributed by atoms with E-state index in [0.717, 1.165) is 29.6 Å². The molecular weight excluding hydrogens is 323 g/mol. The Morgan fingerprint density at radius 3 is 2.90 bits per heavy atom. The van der Waals surface area contributed by atoms with E-state index in [1.54, 1.807) is 0 Å². The summed E-state index contributed by atoms with van der Waals surface area (Å²) in [4.78, 5) is 2.40. The maximum atomic E-state index is 13.3. The van der Waals surface area contributed by atoms with Gasteiger partial charge in [0.25, 0.3) is 0 Å². The van der Waals surface area contributed by atoms with Crippen molar-refractivity contribution in [3.63, 3.8) is 0 Å². The monoisotopic (exact) mass is 344 g/mol. The fraction of sp³-hybridized carbons (Fsp3) is 0.600. The average Bonchev–Trinajstić information content (AvgIpc) is 2.42. The van der Waals surface area contributed by atoms with Crippen molar-refractivity contribution >= 4 is 15.9 Å². The fourth-order valence-electron chi connectivity index (χ4n) is 2.82. The van der Waals surface area contributed by atoms with Crippen LogP contribution in [0.15, 0.2) is 22.7 Å². The molecule has 1 aromatic rings. The zero-order valence-corrected chi connectivity index (χ0v) is 13.6. The highest BCUT2D eigenvalue weighted by atomic mass is 79.9. The Balaban J connectivity index is 2.29. The van der Waals surface area contributed by atoms with Crippen LogP contribution >= 0.6 is 15.9 Å². The van der Waals surface area contributed by atoms with E-state index in [4.69, 9.17) is 10.5 Å². The van der Waals surface area contributed by atoms with E-state index >= 15 is 0 Å². The molecule has 2 rings (SSSR count). The molecule has 2 N–H and O–H groups in total. The van der Waals surface area contributed by atoms with Crippen molar-refractivity contribution in [1.29, 1.82) is 0 Å². The molecule has 5 heteroatoms. The molecule has 1 aromatic carbocycles. The lowest BCUT2D eigenvalue weighted by molar-refractivity contribution is -0.0720. The lowest BCUT2D eigenvalue weighted by Gasteiger charge is -2.43. The normalized spacial score (nSPS) is 25.6. The molecule has 1 heterocycles. The first-order chi connectivity index (χ1) is 9.56. The number of nitrogens with two attached hydrogens (primary N) is 1. The molecule has 20 heavy (non-hydrogen) atoms. The van der Waals surface area contributed by atoms with Gasteiger partial charge >= 0.3 is 0 Å². The quantitative estimate of drug-likeness (QED) is 0.912. The van der Waals surface area contributed by atoms with Gasteiger partial charge in [-0.3, -0.25) is 4.90 Å². The number of hydrogen-bond acceptors (Lipinski definition) is 3. The molecule has 0 aromatic heterocycles. The van der Waals surface area contributed by atoms with Gasteiger partial charge in [-0.05, 0) is 31.0 Å². The molecule has 1 saturated heterocycles. The average molecular weight is 345 g/mol. The molecule has 0 amide bonds. The van der Waals surface area contributed by atoms with Crippen LogP contribution in [0.25, 0.3) is 0 Å². The largest absolute Gasteiger partial charge is 0.376 e. The Hall–Kier alpha value is -0.490. The second-order valence-corrected chi connectivity index (χ2v) is 6.17. The van der Waals surface area contributed by atoms with Crippen molar-refractivity contribution in [3.05, 3.63) is 34.1 Å². The van der Waals surface area contributed by atoms with Gasteiger partial charge in [-0.1, -0.05) is 28.9 Å². The molecule has 0 saturated carbocycles. The first-order valence-electron chi connectivity index (χ1n) is 7.09. The standard InChI is InChI=1S/C15H22BrFN2O/c1-3-12-9-20-10(2)8-19(12)15(7-18)13-5-4-11(17)6-14(13)16/h4-6,10,12,15H,3,7-9,18H2,1-2H3. The van der Waals surface area contributed by atoms with E-state index in [1.807, 2.05) is 6.07 Å². The lowest BCUT2D eigenvalue weighted by atomic mass is 10.0. The Morgan fingerprint density at radius 2 is 2.30 bits per heavy atom. The zero-order chi connectivity index (χ0) is 14.7. The van der Waals surface area contributed by atoms with Gasteiger partial charge in [0.2, 0.25) is 0 Å².